The SMILES string of the molecule is COc1ccc2c(O[C@@H]3C[C@H]4C(=O)N[C@]5(C(=O)O)CC5C=CCCCCC[C@H](NC(=O)NC(CN(C)S(=O)(=O)c5cccs5)C5CCCCC5)C(=O)N4C3)cc(-c3csc(NC(C)C)n3)nc2c1. The molecule has 5 N–H and O–H groups in total. The van der Waals surface area contributed by atoms with E-state index in [0.717, 1.165) is 61.4 Å². The Labute approximate surface area is 405 Å². The highest BCUT2D eigenvalue weighted by molar-refractivity contribution is 7.91. The van der Waals surface area contributed by atoms with Gasteiger partial charge in [0.15, 0.2) is 5.13 Å². The van der Waals surface area contributed by atoms with E-state index in [9.17, 15) is 27.9 Å². The average molecular weight is 991 g/mol. The number of methoxy groups -OCH3 is 1. The Morgan fingerprint density at radius 3 is 2.54 bits per heavy atom. The first-order valence-corrected chi connectivity index (χ1v) is 26.8. The topological polar surface area (TPSA) is 221 Å². The Morgan fingerprint density at radius 2 is 1.81 bits per heavy atom. The van der Waals surface area contributed by atoms with Crippen molar-refractivity contribution in [2.45, 2.75) is 131 Å². The van der Waals surface area contributed by atoms with Gasteiger partial charge < -0.3 is 40.7 Å². The molecule has 0 radical (unpaired) electrons. The van der Waals surface area contributed by atoms with Crippen LogP contribution in [-0.2, 0) is 24.4 Å². The Kier molecular flexibility index (Phi) is 15.3. The predicted molar refractivity (Wildman–Crippen MR) is 261 cm³/mol. The minimum absolute atomic E-state index is 0.0182. The van der Waals surface area contributed by atoms with Crippen molar-refractivity contribution in [3.05, 3.63) is 59.3 Å². The number of hydrogen-bond donors (Lipinski definition) is 5. The number of benzene rings is 1. The van der Waals surface area contributed by atoms with Crippen LogP contribution in [0.1, 0.15) is 90.9 Å². The lowest BCUT2D eigenvalue weighted by atomic mass is 9.84. The van der Waals surface area contributed by atoms with Gasteiger partial charge in [-0.2, -0.15) is 4.31 Å². The summed E-state index contributed by atoms with van der Waals surface area (Å²) in [5, 5.41) is 27.7. The number of ether oxygens (including phenoxy) is 2. The molecule has 2 saturated carbocycles. The number of carboxylic acids is 1. The molecule has 2 unspecified atom stereocenters. The maximum atomic E-state index is 15.1. The number of hydrogen-bond acceptors (Lipinski definition) is 13. The van der Waals surface area contributed by atoms with Crippen molar-refractivity contribution >= 4 is 72.5 Å². The van der Waals surface area contributed by atoms with Gasteiger partial charge in [-0.3, -0.25) is 9.59 Å². The summed E-state index contributed by atoms with van der Waals surface area (Å²) in [5.41, 5.74) is 0.243. The highest BCUT2D eigenvalue weighted by atomic mass is 32.2. The standard InChI is InChI=1S/C48H62N8O9S3/c1-29(2)49-47-53-39(28-67-47)37-24-41(34-20-19-32(64-4)22-36(34)50-37)65-33-23-40-43(57)54-48(45(59)60)25-31(48)16-11-6-5-7-12-17-35(44(58)56(40)26-33)51-46(61)52-38(30-14-9-8-10-15-30)27-55(3)68(62,63)42-18-13-21-66-42/h11,13,16,18-22,24,28-31,33,35,38,40H,5-10,12,14-15,17,23,25-27H2,1-4H3,(H,49,53)(H,54,57)(H,59,60)(H2,51,52,61)/t31?,33-,35+,38?,40+,48-/m1/s1. The van der Waals surface area contributed by atoms with Gasteiger partial charge in [0, 0.05) is 60.9 Å². The van der Waals surface area contributed by atoms with Crippen LogP contribution in [-0.4, -0.2) is 120 Å². The van der Waals surface area contributed by atoms with Gasteiger partial charge >= 0.3 is 12.0 Å². The fraction of sp³-hybridized carbons (Fsp3) is 0.542. The molecular formula is C48H62N8O9S3. The molecule has 8 rings (SSSR count). The molecule has 17 nitrogen and oxygen atoms in total. The minimum atomic E-state index is -3.81. The zero-order valence-corrected chi connectivity index (χ0v) is 41.4. The molecule has 6 atom stereocenters. The zero-order chi connectivity index (χ0) is 48.2. The van der Waals surface area contributed by atoms with Crippen molar-refractivity contribution in [1.29, 1.82) is 0 Å². The first-order valence-electron chi connectivity index (χ1n) is 23.6. The van der Waals surface area contributed by atoms with Crippen molar-refractivity contribution < 1.29 is 42.2 Å². The van der Waals surface area contributed by atoms with Crippen LogP contribution in [0, 0.1) is 11.8 Å². The molecule has 1 aromatic carbocycles. The Morgan fingerprint density at radius 1 is 1.03 bits per heavy atom. The van der Waals surface area contributed by atoms with Crippen molar-refractivity contribution in [2.75, 3.05) is 32.6 Å². The second kappa shape index (κ2) is 21.1. The van der Waals surface area contributed by atoms with Gasteiger partial charge in [-0.25, -0.2) is 28.0 Å². The van der Waals surface area contributed by atoms with Crippen molar-refractivity contribution in [2.24, 2.45) is 11.8 Å². The normalized spacial score (nSPS) is 24.4. The van der Waals surface area contributed by atoms with Crippen molar-refractivity contribution in [1.82, 2.24) is 35.1 Å². The van der Waals surface area contributed by atoms with Crippen LogP contribution in [0.2, 0.25) is 0 Å². The molecule has 0 bridgehead atoms. The van der Waals surface area contributed by atoms with E-state index in [-0.39, 0.29) is 48.5 Å². The maximum absolute atomic E-state index is 15.1. The van der Waals surface area contributed by atoms with Gasteiger partial charge in [-0.1, -0.05) is 50.3 Å². The van der Waals surface area contributed by atoms with E-state index in [4.69, 9.17) is 19.4 Å². The maximum Gasteiger partial charge on any atom is 0.330 e. The number of carbonyl (C=O) groups is 4. The number of urea groups is 1. The second-order valence-corrected chi connectivity index (χ2v) is 22.8. The fourth-order valence-corrected chi connectivity index (χ4v) is 13.0. The first-order chi connectivity index (χ1) is 32.6. The van der Waals surface area contributed by atoms with Gasteiger partial charge in [0.05, 0.1) is 24.9 Å². The summed E-state index contributed by atoms with van der Waals surface area (Å²) in [6, 6.07) is 7.30. The number of aromatic nitrogens is 2. The number of sulfonamides is 1. The number of thiophene rings is 1. The van der Waals surface area contributed by atoms with Crippen LogP contribution in [0.5, 0.6) is 11.5 Å². The molecule has 4 aromatic rings. The summed E-state index contributed by atoms with van der Waals surface area (Å²) >= 11 is 2.59. The van der Waals surface area contributed by atoms with Gasteiger partial charge in [0.25, 0.3) is 10.0 Å². The quantitative estimate of drug-likeness (QED) is 0.0806. The van der Waals surface area contributed by atoms with Crippen LogP contribution < -0.4 is 30.7 Å². The molecule has 1 saturated heterocycles. The lowest BCUT2D eigenvalue weighted by Gasteiger charge is -2.34. The lowest BCUT2D eigenvalue weighted by molar-refractivity contribution is -0.145. The highest BCUT2D eigenvalue weighted by Gasteiger charge is 2.61. The molecule has 68 heavy (non-hydrogen) atoms. The molecule has 2 aliphatic heterocycles. The number of pyridine rings is 1. The summed E-state index contributed by atoms with van der Waals surface area (Å²) in [5.74, 6) is -1.61. The third kappa shape index (κ3) is 11.1. The molecule has 4 amide bonds. The van der Waals surface area contributed by atoms with Crippen LogP contribution in [0.3, 0.4) is 0 Å². The van der Waals surface area contributed by atoms with Crippen LogP contribution in [0.4, 0.5) is 9.93 Å². The number of aliphatic carboxylic acids is 1. The van der Waals surface area contributed by atoms with Crippen LogP contribution >= 0.6 is 22.7 Å². The van der Waals surface area contributed by atoms with Gasteiger partial charge in [0.2, 0.25) is 11.8 Å². The summed E-state index contributed by atoms with van der Waals surface area (Å²) in [6.45, 7) is 4.06. The Bertz CT molecular complexity index is 2600. The Balaban J connectivity index is 1.08. The molecule has 0 spiro atoms. The highest BCUT2D eigenvalue weighted by Crippen LogP contribution is 2.46. The summed E-state index contributed by atoms with van der Waals surface area (Å²) in [6.07, 6.45) is 11.1. The van der Waals surface area contributed by atoms with E-state index >= 15 is 4.79 Å². The predicted octanol–water partition coefficient (Wildman–Crippen LogP) is 7.01. The molecule has 2 aliphatic carbocycles. The number of nitrogens with one attached hydrogen (secondary N) is 4. The molecule has 20 heteroatoms. The summed E-state index contributed by atoms with van der Waals surface area (Å²) in [7, 11) is -0.717. The van der Waals surface area contributed by atoms with E-state index in [0.29, 0.717) is 46.6 Å². The lowest BCUT2D eigenvalue weighted by Crippen LogP contribution is -2.58. The number of fused-ring (bicyclic) bond motifs is 3. The summed E-state index contributed by atoms with van der Waals surface area (Å²) < 4.78 is 40.9. The second-order valence-electron chi connectivity index (χ2n) is 18.7. The van der Waals surface area contributed by atoms with E-state index in [1.165, 1.54) is 27.6 Å². The molecule has 366 valence electrons. The number of nitrogens with zero attached hydrogens (tertiary/aromatic N) is 4. The molecule has 5 heterocycles. The van der Waals surface area contributed by atoms with E-state index < -0.39 is 69.5 Å². The fourth-order valence-electron chi connectivity index (χ4n) is 9.72. The number of carbonyl (C=O) groups excluding carboxylic acids is 3. The average Bonchev–Trinajstić information content (AvgIpc) is 3.79. The molecule has 4 aliphatic rings. The number of thiazole rings is 1. The molecule has 3 aromatic heterocycles. The Hall–Kier alpha value is -5.31. The molecular weight excluding hydrogens is 929 g/mol. The summed E-state index contributed by atoms with van der Waals surface area (Å²) in [4.78, 5) is 67.7. The van der Waals surface area contributed by atoms with E-state index in [1.807, 2.05) is 37.4 Å². The van der Waals surface area contributed by atoms with E-state index in [1.54, 1.807) is 42.8 Å². The van der Waals surface area contributed by atoms with Gasteiger partial charge in [-0.15, -0.1) is 22.7 Å². The monoisotopic (exact) mass is 990 g/mol. The first kappa shape index (κ1) is 49.1. The number of amides is 4. The van der Waals surface area contributed by atoms with Gasteiger partial charge in [0.1, 0.15) is 45.1 Å². The largest absolute Gasteiger partial charge is 0.497 e. The van der Waals surface area contributed by atoms with E-state index in [2.05, 4.69) is 21.3 Å². The minimum Gasteiger partial charge on any atom is -0.497 e. The third-order valence-corrected chi connectivity index (χ3v) is 17.5. The third-order valence-electron chi connectivity index (χ3n) is 13.5. The number of rotatable bonds is 14. The zero-order valence-electron chi connectivity index (χ0n) is 38.9. The van der Waals surface area contributed by atoms with Crippen LogP contribution in [0.25, 0.3) is 22.3 Å². The van der Waals surface area contributed by atoms with Crippen LogP contribution in [0.15, 0.2) is 63.5 Å². The van der Waals surface area contributed by atoms with Crippen molar-refractivity contribution in [3.63, 3.8) is 0 Å². The number of carboxylic acid groups (broad SMARTS) is 1. The number of allylic oxidation sites excluding steroid dienone is 1. The number of likely N-dealkylation sites (N-methyl/N-ethyl adjacent to an activating group) is 1. The van der Waals surface area contributed by atoms with Crippen molar-refractivity contribution in [3.8, 4) is 22.9 Å². The molecule has 3 fully saturated rings. The van der Waals surface area contributed by atoms with Gasteiger partial charge in [-0.05, 0) is 81.9 Å². The smallest absolute Gasteiger partial charge is 0.330 e. The number of anilines is 1.